The van der Waals surface area contributed by atoms with Crippen molar-refractivity contribution >= 4 is 5.91 Å². The van der Waals surface area contributed by atoms with Gasteiger partial charge in [0.15, 0.2) is 5.76 Å². The molecule has 110 valence electrons. The zero-order chi connectivity index (χ0) is 14.3. The van der Waals surface area contributed by atoms with Crippen LogP contribution in [-0.4, -0.2) is 38.9 Å². The van der Waals surface area contributed by atoms with Crippen LogP contribution in [0.25, 0.3) is 0 Å². The van der Waals surface area contributed by atoms with Crippen LogP contribution in [0.5, 0.6) is 0 Å². The maximum atomic E-state index is 12.5. The molecule has 0 aromatic carbocycles. The quantitative estimate of drug-likeness (QED) is 0.865. The minimum Gasteiger partial charge on any atom is -0.454 e. The normalized spacial score (nSPS) is 19.9. The van der Waals surface area contributed by atoms with Crippen molar-refractivity contribution in [1.29, 1.82) is 0 Å². The van der Waals surface area contributed by atoms with Crippen LogP contribution in [0.2, 0.25) is 0 Å². The van der Waals surface area contributed by atoms with Crippen LogP contribution < -0.4 is 0 Å². The molecule has 1 saturated heterocycles. The number of piperidine rings is 1. The summed E-state index contributed by atoms with van der Waals surface area (Å²) in [6.45, 7) is 2.24. The average Bonchev–Trinajstić information content (AvgIpc) is 2.95. The maximum Gasteiger partial charge on any atom is 0.289 e. The Bertz CT molecular complexity index is 642. The Labute approximate surface area is 122 Å². The van der Waals surface area contributed by atoms with Gasteiger partial charge in [0.05, 0.1) is 6.20 Å². The molecular weight excluding hydrogens is 268 g/mol. The molecule has 2 aromatic heterocycles. The lowest BCUT2D eigenvalue weighted by atomic mass is 9.95. The first-order valence-electron chi connectivity index (χ1n) is 7.46. The second-order valence-corrected chi connectivity index (χ2v) is 6.20. The highest BCUT2D eigenvalue weighted by atomic mass is 16.4. The fraction of sp³-hybridized carbons (Fsp3) is 0.533. The van der Waals surface area contributed by atoms with Gasteiger partial charge in [0.25, 0.3) is 5.91 Å². The maximum absolute atomic E-state index is 12.5. The van der Waals surface area contributed by atoms with Gasteiger partial charge in [-0.05, 0) is 43.2 Å². The van der Waals surface area contributed by atoms with Gasteiger partial charge < -0.3 is 9.32 Å². The van der Waals surface area contributed by atoms with Crippen molar-refractivity contribution in [3.05, 3.63) is 36.0 Å². The third-order valence-electron chi connectivity index (χ3n) is 4.57. The standard InChI is InChI=1S/C15H18N4O2/c20-14(18-8-1-4-15(11-18)5-6-15)13-3-2-12(21-13)10-19-9-7-16-17-19/h2-3,7,9H,1,4-6,8,10-11H2. The molecule has 6 heteroatoms. The van der Waals surface area contributed by atoms with E-state index < -0.39 is 0 Å². The monoisotopic (exact) mass is 286 g/mol. The predicted octanol–water partition coefficient (Wildman–Crippen LogP) is 1.94. The minimum atomic E-state index is 0.0193. The lowest BCUT2D eigenvalue weighted by molar-refractivity contribution is 0.0620. The molecule has 2 aromatic rings. The summed E-state index contributed by atoms with van der Waals surface area (Å²) in [5.74, 6) is 1.18. The number of nitrogens with zero attached hydrogens (tertiary/aromatic N) is 4. The van der Waals surface area contributed by atoms with Crippen molar-refractivity contribution in [3.8, 4) is 0 Å². The van der Waals surface area contributed by atoms with Crippen LogP contribution in [0.15, 0.2) is 28.9 Å². The van der Waals surface area contributed by atoms with Crippen molar-refractivity contribution in [1.82, 2.24) is 19.9 Å². The SMILES string of the molecule is O=C(c1ccc(Cn2ccnn2)o1)N1CCCC2(CC2)C1. The highest BCUT2D eigenvalue weighted by Crippen LogP contribution is 2.52. The van der Waals surface area contributed by atoms with Gasteiger partial charge >= 0.3 is 0 Å². The van der Waals surface area contributed by atoms with E-state index in [-0.39, 0.29) is 5.91 Å². The van der Waals surface area contributed by atoms with E-state index in [9.17, 15) is 4.79 Å². The van der Waals surface area contributed by atoms with Crippen molar-refractivity contribution < 1.29 is 9.21 Å². The lowest BCUT2D eigenvalue weighted by Crippen LogP contribution is -2.40. The van der Waals surface area contributed by atoms with Gasteiger partial charge in [-0.3, -0.25) is 4.79 Å². The van der Waals surface area contributed by atoms with E-state index in [1.54, 1.807) is 23.1 Å². The number of aromatic nitrogens is 3. The first kappa shape index (κ1) is 12.6. The molecule has 0 bridgehead atoms. The molecule has 1 aliphatic heterocycles. The summed E-state index contributed by atoms with van der Waals surface area (Å²) < 4.78 is 7.35. The Hall–Kier alpha value is -2.11. The van der Waals surface area contributed by atoms with Crippen molar-refractivity contribution in [2.75, 3.05) is 13.1 Å². The average molecular weight is 286 g/mol. The van der Waals surface area contributed by atoms with Gasteiger partial charge in [-0.25, -0.2) is 4.68 Å². The zero-order valence-electron chi connectivity index (χ0n) is 11.9. The fourth-order valence-electron chi connectivity index (χ4n) is 3.18. The molecule has 4 rings (SSSR count). The Morgan fingerprint density at radius 1 is 1.33 bits per heavy atom. The van der Waals surface area contributed by atoms with Gasteiger partial charge in [-0.15, -0.1) is 5.10 Å². The molecule has 2 aliphatic rings. The summed E-state index contributed by atoms with van der Waals surface area (Å²) in [6, 6.07) is 3.61. The van der Waals surface area contributed by atoms with E-state index >= 15 is 0 Å². The van der Waals surface area contributed by atoms with Crippen LogP contribution in [-0.2, 0) is 6.54 Å². The molecule has 0 N–H and O–H groups in total. The van der Waals surface area contributed by atoms with E-state index in [4.69, 9.17) is 4.42 Å². The second-order valence-electron chi connectivity index (χ2n) is 6.20. The number of carbonyl (C=O) groups excluding carboxylic acids is 1. The van der Waals surface area contributed by atoms with Gasteiger partial charge in [-0.2, -0.15) is 0 Å². The smallest absolute Gasteiger partial charge is 0.289 e. The number of likely N-dealkylation sites (tertiary alicyclic amines) is 1. The second kappa shape index (κ2) is 4.72. The number of carbonyl (C=O) groups is 1. The first-order chi connectivity index (χ1) is 10.2. The molecular formula is C15H18N4O2. The number of rotatable bonds is 3. The van der Waals surface area contributed by atoms with Crippen LogP contribution in [0.4, 0.5) is 0 Å². The topological polar surface area (TPSA) is 64.2 Å². The van der Waals surface area contributed by atoms with Crippen LogP contribution in [0, 0.1) is 5.41 Å². The Morgan fingerprint density at radius 3 is 3.00 bits per heavy atom. The van der Waals surface area contributed by atoms with E-state index in [0.717, 1.165) is 25.3 Å². The van der Waals surface area contributed by atoms with Crippen molar-refractivity contribution in [2.24, 2.45) is 5.41 Å². The predicted molar refractivity (Wildman–Crippen MR) is 74.6 cm³/mol. The molecule has 1 spiro atoms. The molecule has 1 amide bonds. The highest BCUT2D eigenvalue weighted by Gasteiger charge is 2.46. The van der Waals surface area contributed by atoms with Gasteiger partial charge in [0, 0.05) is 19.3 Å². The Morgan fingerprint density at radius 2 is 2.24 bits per heavy atom. The minimum absolute atomic E-state index is 0.0193. The molecule has 0 unspecified atom stereocenters. The Kier molecular flexibility index (Phi) is 2.83. The van der Waals surface area contributed by atoms with Crippen LogP contribution >= 0.6 is 0 Å². The van der Waals surface area contributed by atoms with Gasteiger partial charge in [0.2, 0.25) is 0 Å². The summed E-state index contributed by atoms with van der Waals surface area (Å²) in [5, 5.41) is 7.65. The number of hydrogen-bond acceptors (Lipinski definition) is 4. The van der Waals surface area contributed by atoms with E-state index in [0.29, 0.717) is 17.7 Å². The summed E-state index contributed by atoms with van der Waals surface area (Å²) in [7, 11) is 0. The van der Waals surface area contributed by atoms with E-state index in [1.165, 1.54) is 19.3 Å². The van der Waals surface area contributed by atoms with Crippen LogP contribution in [0.3, 0.4) is 0 Å². The van der Waals surface area contributed by atoms with E-state index in [1.807, 2.05) is 11.0 Å². The van der Waals surface area contributed by atoms with Crippen LogP contribution in [0.1, 0.15) is 42.0 Å². The molecule has 1 aliphatic carbocycles. The first-order valence-corrected chi connectivity index (χ1v) is 7.46. The van der Waals surface area contributed by atoms with Crippen molar-refractivity contribution in [3.63, 3.8) is 0 Å². The summed E-state index contributed by atoms with van der Waals surface area (Å²) in [5.41, 5.74) is 0.435. The zero-order valence-corrected chi connectivity index (χ0v) is 11.9. The lowest BCUT2D eigenvalue weighted by Gasteiger charge is -2.32. The molecule has 6 nitrogen and oxygen atoms in total. The van der Waals surface area contributed by atoms with Crippen molar-refractivity contribution in [2.45, 2.75) is 32.2 Å². The third-order valence-corrected chi connectivity index (χ3v) is 4.57. The molecule has 21 heavy (non-hydrogen) atoms. The molecule has 0 atom stereocenters. The molecule has 1 saturated carbocycles. The number of furan rings is 1. The number of amides is 1. The van der Waals surface area contributed by atoms with Gasteiger partial charge in [-0.1, -0.05) is 5.21 Å². The summed E-state index contributed by atoms with van der Waals surface area (Å²) >= 11 is 0. The largest absolute Gasteiger partial charge is 0.454 e. The molecule has 3 heterocycles. The van der Waals surface area contributed by atoms with Gasteiger partial charge in [0.1, 0.15) is 12.3 Å². The molecule has 2 fully saturated rings. The summed E-state index contributed by atoms with van der Waals surface area (Å²) in [6.07, 6.45) is 8.31. The number of hydrogen-bond donors (Lipinski definition) is 0. The Balaban J connectivity index is 1.46. The summed E-state index contributed by atoms with van der Waals surface area (Å²) in [4.78, 5) is 14.5. The third kappa shape index (κ3) is 2.46. The van der Waals surface area contributed by atoms with E-state index in [2.05, 4.69) is 10.3 Å². The molecule has 0 radical (unpaired) electrons. The highest BCUT2D eigenvalue weighted by molar-refractivity contribution is 5.91. The fourth-order valence-corrected chi connectivity index (χ4v) is 3.18.